The van der Waals surface area contributed by atoms with E-state index < -0.39 is 17.7 Å². The number of carbonyl (C=O) groups excluding carboxylic acids is 1. The molecule has 0 spiro atoms. The van der Waals surface area contributed by atoms with Gasteiger partial charge in [-0.3, -0.25) is 4.57 Å². The van der Waals surface area contributed by atoms with Gasteiger partial charge in [0, 0.05) is 48.5 Å². The van der Waals surface area contributed by atoms with Gasteiger partial charge in [0.05, 0.1) is 10.7 Å². The van der Waals surface area contributed by atoms with Crippen molar-refractivity contribution in [3.63, 3.8) is 0 Å². The molecule has 5 aromatic rings. The molecule has 0 radical (unpaired) electrons. The number of hydrogen-bond donors (Lipinski definition) is 1. The zero-order chi connectivity index (χ0) is 27.8. The van der Waals surface area contributed by atoms with E-state index in [0.29, 0.717) is 59.0 Å². The molecular formula is C28H21Cl2F2N7O. The number of urea groups is 1. The minimum absolute atomic E-state index is 0.0776. The van der Waals surface area contributed by atoms with E-state index in [4.69, 9.17) is 28.2 Å². The van der Waals surface area contributed by atoms with Crippen LogP contribution in [-0.2, 0) is 0 Å². The van der Waals surface area contributed by atoms with Gasteiger partial charge in [0.1, 0.15) is 23.8 Å². The van der Waals surface area contributed by atoms with E-state index in [2.05, 4.69) is 15.3 Å². The third-order valence-corrected chi connectivity index (χ3v) is 7.25. The molecule has 0 unspecified atom stereocenters. The Labute approximate surface area is 237 Å². The highest BCUT2D eigenvalue weighted by molar-refractivity contribution is 6.33. The molecule has 1 aliphatic heterocycles. The molecule has 202 valence electrons. The molecule has 3 aromatic carbocycles. The maximum absolute atomic E-state index is 14.0. The largest absolute Gasteiger partial charge is 0.351 e. The molecule has 1 aliphatic rings. The summed E-state index contributed by atoms with van der Waals surface area (Å²) < 4.78 is 29.1. The first-order chi connectivity index (χ1) is 19.4. The minimum atomic E-state index is -0.832. The van der Waals surface area contributed by atoms with Crippen molar-refractivity contribution in [2.24, 2.45) is 0 Å². The molecule has 2 amide bonds. The van der Waals surface area contributed by atoms with Crippen LogP contribution in [-0.4, -0.2) is 56.6 Å². The van der Waals surface area contributed by atoms with E-state index in [0.717, 1.165) is 23.4 Å². The summed E-state index contributed by atoms with van der Waals surface area (Å²) in [6.07, 6.45) is 1.48. The van der Waals surface area contributed by atoms with E-state index >= 15 is 0 Å². The number of halogens is 4. The van der Waals surface area contributed by atoms with Crippen LogP contribution in [0.1, 0.15) is 0 Å². The molecule has 1 saturated heterocycles. The van der Waals surface area contributed by atoms with E-state index in [9.17, 15) is 13.6 Å². The Balaban J connectivity index is 1.31. The van der Waals surface area contributed by atoms with Gasteiger partial charge in [-0.2, -0.15) is 0 Å². The quantitative estimate of drug-likeness (QED) is 0.266. The van der Waals surface area contributed by atoms with E-state index in [1.54, 1.807) is 23.1 Å². The lowest BCUT2D eigenvalue weighted by Crippen LogP contribution is -2.50. The van der Waals surface area contributed by atoms with Crippen LogP contribution >= 0.6 is 23.2 Å². The lowest BCUT2D eigenvalue weighted by molar-refractivity contribution is 0.208. The molecular weight excluding hydrogens is 559 g/mol. The average molecular weight is 580 g/mol. The minimum Gasteiger partial charge on any atom is -0.351 e. The summed E-state index contributed by atoms with van der Waals surface area (Å²) in [5.74, 6) is -0.322. The normalized spacial score (nSPS) is 13.6. The third kappa shape index (κ3) is 4.91. The smallest absolute Gasteiger partial charge is 0.322 e. The number of amides is 2. The van der Waals surface area contributed by atoms with Gasteiger partial charge < -0.3 is 15.1 Å². The fraction of sp³-hybridized carbons (Fsp3) is 0.143. The number of benzene rings is 3. The summed E-state index contributed by atoms with van der Waals surface area (Å²) in [4.78, 5) is 30.4. The van der Waals surface area contributed by atoms with Crippen LogP contribution in [0.15, 0.2) is 73.1 Å². The molecule has 0 atom stereocenters. The number of piperazine rings is 1. The van der Waals surface area contributed by atoms with Crippen molar-refractivity contribution in [2.45, 2.75) is 0 Å². The molecule has 0 bridgehead atoms. The van der Waals surface area contributed by atoms with Crippen LogP contribution < -0.4 is 10.2 Å². The predicted molar refractivity (Wildman–Crippen MR) is 151 cm³/mol. The topological polar surface area (TPSA) is 79.2 Å². The van der Waals surface area contributed by atoms with Gasteiger partial charge in [0.2, 0.25) is 0 Å². The van der Waals surface area contributed by atoms with Gasteiger partial charge in [0.25, 0.3) is 0 Å². The first kappa shape index (κ1) is 26.0. The molecule has 1 fully saturated rings. The Morgan fingerprint density at radius 3 is 2.38 bits per heavy atom. The lowest BCUT2D eigenvalue weighted by atomic mass is 10.2. The maximum Gasteiger partial charge on any atom is 0.322 e. The molecule has 40 heavy (non-hydrogen) atoms. The molecule has 3 heterocycles. The fourth-order valence-electron chi connectivity index (χ4n) is 4.68. The van der Waals surface area contributed by atoms with Crippen LogP contribution in [0.25, 0.3) is 28.2 Å². The number of imidazole rings is 1. The van der Waals surface area contributed by atoms with Gasteiger partial charge in [0.15, 0.2) is 17.0 Å². The fourth-order valence-corrected chi connectivity index (χ4v) is 5.02. The molecule has 2 aromatic heterocycles. The molecule has 12 heteroatoms. The number of anilines is 2. The monoisotopic (exact) mass is 579 g/mol. The van der Waals surface area contributed by atoms with Gasteiger partial charge >= 0.3 is 6.03 Å². The van der Waals surface area contributed by atoms with Gasteiger partial charge in [-0.25, -0.2) is 28.5 Å². The second-order valence-electron chi connectivity index (χ2n) is 9.12. The summed E-state index contributed by atoms with van der Waals surface area (Å²) in [6, 6.07) is 17.3. The number of rotatable bonds is 4. The zero-order valence-corrected chi connectivity index (χ0v) is 22.4. The number of carbonyl (C=O) groups is 1. The van der Waals surface area contributed by atoms with Crippen LogP contribution in [0.3, 0.4) is 0 Å². The predicted octanol–water partition coefficient (Wildman–Crippen LogP) is 6.42. The Morgan fingerprint density at radius 2 is 1.65 bits per heavy atom. The van der Waals surface area contributed by atoms with Crippen LogP contribution in [0.5, 0.6) is 0 Å². The third-order valence-electron chi connectivity index (χ3n) is 6.66. The summed E-state index contributed by atoms with van der Waals surface area (Å²) in [7, 11) is 0. The molecule has 8 nitrogen and oxygen atoms in total. The lowest BCUT2D eigenvalue weighted by Gasteiger charge is -2.35. The summed E-state index contributed by atoms with van der Waals surface area (Å²) in [5.41, 5.74) is 2.64. The average Bonchev–Trinajstić information content (AvgIpc) is 3.35. The molecule has 0 aliphatic carbocycles. The molecule has 0 saturated carbocycles. The van der Waals surface area contributed by atoms with Crippen molar-refractivity contribution >= 4 is 51.9 Å². The van der Waals surface area contributed by atoms with Crippen molar-refractivity contribution in [3.8, 4) is 17.1 Å². The van der Waals surface area contributed by atoms with Crippen molar-refractivity contribution in [2.75, 3.05) is 36.4 Å². The first-order valence-electron chi connectivity index (χ1n) is 12.4. The SMILES string of the molecule is O=C(Nc1ccc(F)cc1F)N1CCN(c2ncnc3c2nc(-c2ccccc2Cl)n3-c2ccc(Cl)cc2)CC1. The van der Waals surface area contributed by atoms with Crippen molar-refractivity contribution in [1.29, 1.82) is 0 Å². The number of hydrogen-bond acceptors (Lipinski definition) is 5. The Hall–Kier alpha value is -4.28. The van der Waals surface area contributed by atoms with Gasteiger partial charge in [-0.05, 0) is 48.5 Å². The van der Waals surface area contributed by atoms with Crippen LogP contribution in [0.2, 0.25) is 10.0 Å². The second-order valence-corrected chi connectivity index (χ2v) is 9.97. The van der Waals surface area contributed by atoms with E-state index in [-0.39, 0.29) is 5.69 Å². The van der Waals surface area contributed by atoms with Crippen molar-refractivity contribution in [3.05, 3.63) is 94.7 Å². The highest BCUT2D eigenvalue weighted by Crippen LogP contribution is 2.35. The summed E-state index contributed by atoms with van der Waals surface area (Å²) >= 11 is 12.7. The van der Waals surface area contributed by atoms with Gasteiger partial charge in [-0.1, -0.05) is 35.3 Å². The van der Waals surface area contributed by atoms with E-state index in [1.165, 1.54) is 12.4 Å². The first-order valence-corrected chi connectivity index (χ1v) is 13.1. The zero-order valence-electron chi connectivity index (χ0n) is 20.9. The second kappa shape index (κ2) is 10.7. The number of aromatic nitrogens is 4. The van der Waals surface area contributed by atoms with E-state index in [1.807, 2.05) is 39.8 Å². The Kier molecular flexibility index (Phi) is 6.95. The highest BCUT2D eigenvalue weighted by atomic mass is 35.5. The van der Waals surface area contributed by atoms with Gasteiger partial charge in [-0.15, -0.1) is 0 Å². The number of fused-ring (bicyclic) bond motifs is 1. The summed E-state index contributed by atoms with van der Waals surface area (Å²) in [6.45, 7) is 1.63. The summed E-state index contributed by atoms with van der Waals surface area (Å²) in [5, 5.41) is 3.66. The van der Waals surface area contributed by atoms with Crippen LogP contribution in [0, 0.1) is 11.6 Å². The van der Waals surface area contributed by atoms with Crippen molar-refractivity contribution in [1.82, 2.24) is 24.4 Å². The Morgan fingerprint density at radius 1 is 0.900 bits per heavy atom. The number of nitrogens with one attached hydrogen (secondary N) is 1. The number of nitrogens with zero attached hydrogens (tertiary/aromatic N) is 6. The highest BCUT2D eigenvalue weighted by Gasteiger charge is 2.27. The molecule has 6 rings (SSSR count). The molecule has 1 N–H and O–H groups in total. The van der Waals surface area contributed by atoms with Crippen LogP contribution in [0.4, 0.5) is 25.1 Å². The Bertz CT molecular complexity index is 1720. The van der Waals surface area contributed by atoms with Crippen molar-refractivity contribution < 1.29 is 13.6 Å². The standard InChI is InChI=1S/C28H21Cl2F2N7O/c29-17-5-8-19(9-6-17)39-25(20-3-1-2-4-21(20)30)36-24-26(33-16-34-27(24)39)37-11-13-38(14-12-37)28(40)35-23-10-7-18(31)15-22(23)32/h1-10,15-16H,11-14H2,(H,35,40). The maximum atomic E-state index is 14.0.